The number of nitrogens with one attached hydrogen (secondary N) is 1. The van der Waals surface area contributed by atoms with E-state index in [1.807, 2.05) is 18.2 Å². The van der Waals surface area contributed by atoms with Crippen molar-refractivity contribution in [3.63, 3.8) is 0 Å². The molecule has 2 unspecified atom stereocenters. The van der Waals surface area contributed by atoms with Crippen molar-refractivity contribution in [2.45, 2.75) is 19.3 Å². The molecule has 1 aromatic rings. The molecule has 4 nitrogen and oxygen atoms in total. The Balaban J connectivity index is 1.88. The van der Waals surface area contributed by atoms with Crippen LogP contribution in [0, 0.1) is 11.8 Å². The van der Waals surface area contributed by atoms with Crippen LogP contribution in [0.15, 0.2) is 18.2 Å². The maximum atomic E-state index is 5.78. The molecule has 0 amide bonds. The Morgan fingerprint density at radius 3 is 3.00 bits per heavy atom. The molecular weight excluding hydrogens is 214 g/mol. The summed E-state index contributed by atoms with van der Waals surface area (Å²) in [4.78, 5) is 4.34. The predicted molar refractivity (Wildman–Crippen MR) is 69.2 cm³/mol. The van der Waals surface area contributed by atoms with E-state index in [9.17, 15) is 0 Å². The molecule has 1 aromatic heterocycles. The van der Waals surface area contributed by atoms with Gasteiger partial charge in [0, 0.05) is 12.6 Å². The summed E-state index contributed by atoms with van der Waals surface area (Å²) in [6.45, 7) is 1.76. The number of anilines is 1. The molecule has 1 aliphatic carbocycles. The van der Waals surface area contributed by atoms with E-state index in [1.54, 1.807) is 7.11 Å². The summed E-state index contributed by atoms with van der Waals surface area (Å²) in [5.41, 5.74) is 5.78. The van der Waals surface area contributed by atoms with Gasteiger partial charge in [-0.2, -0.15) is 4.98 Å². The molecule has 17 heavy (non-hydrogen) atoms. The Hall–Kier alpha value is -1.29. The van der Waals surface area contributed by atoms with Crippen molar-refractivity contribution >= 4 is 5.82 Å². The van der Waals surface area contributed by atoms with Crippen LogP contribution in [0.1, 0.15) is 19.3 Å². The summed E-state index contributed by atoms with van der Waals surface area (Å²) in [5.74, 6) is 2.89. The maximum Gasteiger partial charge on any atom is 0.214 e. The average molecular weight is 235 g/mol. The molecular formula is C13H21N3O. The maximum absolute atomic E-state index is 5.78. The Bertz CT molecular complexity index is 356. The van der Waals surface area contributed by atoms with E-state index < -0.39 is 0 Å². The van der Waals surface area contributed by atoms with Gasteiger partial charge in [0.2, 0.25) is 5.88 Å². The molecule has 0 saturated heterocycles. The first-order valence-corrected chi connectivity index (χ1v) is 6.28. The van der Waals surface area contributed by atoms with E-state index >= 15 is 0 Å². The number of nitrogens with two attached hydrogens (primary N) is 1. The fourth-order valence-electron chi connectivity index (χ4n) is 2.56. The van der Waals surface area contributed by atoms with Gasteiger partial charge in [0.1, 0.15) is 5.82 Å². The molecule has 0 bridgehead atoms. The Morgan fingerprint density at radius 1 is 1.41 bits per heavy atom. The molecule has 1 aliphatic rings. The molecule has 1 heterocycles. The molecule has 1 saturated carbocycles. The number of pyridine rings is 1. The van der Waals surface area contributed by atoms with Crippen LogP contribution in [0.4, 0.5) is 5.82 Å². The molecule has 1 fully saturated rings. The number of methoxy groups -OCH3 is 1. The van der Waals surface area contributed by atoms with Crippen LogP contribution in [-0.4, -0.2) is 25.2 Å². The number of nitrogens with zero attached hydrogens (tertiary/aromatic N) is 1. The number of aromatic nitrogens is 1. The highest BCUT2D eigenvalue weighted by Gasteiger charge is 2.25. The van der Waals surface area contributed by atoms with E-state index in [2.05, 4.69) is 10.3 Å². The van der Waals surface area contributed by atoms with Crippen LogP contribution >= 0.6 is 0 Å². The minimum atomic E-state index is 0.650. The number of hydrogen-bond acceptors (Lipinski definition) is 4. The lowest BCUT2D eigenvalue weighted by molar-refractivity contribution is 0.397. The molecule has 4 heteroatoms. The monoisotopic (exact) mass is 235 g/mol. The van der Waals surface area contributed by atoms with E-state index in [1.165, 1.54) is 19.3 Å². The highest BCUT2D eigenvalue weighted by atomic mass is 16.5. The quantitative estimate of drug-likeness (QED) is 0.818. The molecule has 3 N–H and O–H groups in total. The van der Waals surface area contributed by atoms with E-state index in [0.717, 1.165) is 18.9 Å². The lowest BCUT2D eigenvalue weighted by Crippen LogP contribution is -2.24. The third-order valence-corrected chi connectivity index (χ3v) is 3.60. The smallest absolute Gasteiger partial charge is 0.214 e. The van der Waals surface area contributed by atoms with Crippen molar-refractivity contribution in [3.05, 3.63) is 18.2 Å². The molecule has 94 valence electrons. The summed E-state index contributed by atoms with van der Waals surface area (Å²) in [6, 6.07) is 5.77. The average Bonchev–Trinajstić information content (AvgIpc) is 2.84. The minimum Gasteiger partial charge on any atom is -0.481 e. The lowest BCUT2D eigenvalue weighted by Gasteiger charge is -2.18. The van der Waals surface area contributed by atoms with Gasteiger partial charge in [-0.3, -0.25) is 0 Å². The zero-order chi connectivity index (χ0) is 12.1. The van der Waals surface area contributed by atoms with Crippen LogP contribution in [-0.2, 0) is 0 Å². The second-order valence-corrected chi connectivity index (χ2v) is 4.63. The lowest BCUT2D eigenvalue weighted by atomic mass is 9.96. The Labute approximate surface area is 103 Å². The van der Waals surface area contributed by atoms with Crippen molar-refractivity contribution in [2.24, 2.45) is 17.6 Å². The van der Waals surface area contributed by atoms with Gasteiger partial charge in [0.15, 0.2) is 0 Å². The van der Waals surface area contributed by atoms with E-state index in [0.29, 0.717) is 17.7 Å². The number of rotatable bonds is 5. The summed E-state index contributed by atoms with van der Waals surface area (Å²) in [5, 5.41) is 3.38. The van der Waals surface area contributed by atoms with Crippen molar-refractivity contribution in [2.75, 3.05) is 25.5 Å². The van der Waals surface area contributed by atoms with Crippen LogP contribution < -0.4 is 15.8 Å². The van der Waals surface area contributed by atoms with Crippen LogP contribution in [0.25, 0.3) is 0 Å². The zero-order valence-corrected chi connectivity index (χ0v) is 10.4. The molecule has 0 radical (unpaired) electrons. The fourth-order valence-corrected chi connectivity index (χ4v) is 2.56. The zero-order valence-electron chi connectivity index (χ0n) is 10.4. The number of ether oxygens (including phenoxy) is 1. The highest BCUT2D eigenvalue weighted by Crippen LogP contribution is 2.30. The summed E-state index contributed by atoms with van der Waals surface area (Å²) < 4.78 is 5.10. The summed E-state index contributed by atoms with van der Waals surface area (Å²) in [7, 11) is 1.63. The minimum absolute atomic E-state index is 0.650. The third-order valence-electron chi connectivity index (χ3n) is 3.60. The number of hydrogen-bond donors (Lipinski definition) is 2. The van der Waals surface area contributed by atoms with E-state index in [-0.39, 0.29) is 0 Å². The summed E-state index contributed by atoms with van der Waals surface area (Å²) in [6.07, 6.45) is 3.85. The fraction of sp³-hybridized carbons (Fsp3) is 0.615. The molecule has 0 aromatic carbocycles. The van der Waals surface area contributed by atoms with Crippen molar-refractivity contribution < 1.29 is 4.74 Å². The van der Waals surface area contributed by atoms with Gasteiger partial charge in [0.05, 0.1) is 7.11 Å². The van der Waals surface area contributed by atoms with Crippen molar-refractivity contribution in [1.82, 2.24) is 4.98 Å². The largest absolute Gasteiger partial charge is 0.481 e. The predicted octanol–water partition coefficient (Wildman–Crippen LogP) is 1.88. The third kappa shape index (κ3) is 3.09. The first-order valence-electron chi connectivity index (χ1n) is 6.28. The molecule has 0 aliphatic heterocycles. The topological polar surface area (TPSA) is 60.2 Å². The normalized spacial score (nSPS) is 23.6. The summed E-state index contributed by atoms with van der Waals surface area (Å²) >= 11 is 0. The van der Waals surface area contributed by atoms with Crippen LogP contribution in [0.5, 0.6) is 5.88 Å². The van der Waals surface area contributed by atoms with Gasteiger partial charge in [-0.1, -0.05) is 12.5 Å². The first-order chi connectivity index (χ1) is 8.33. The highest BCUT2D eigenvalue weighted by molar-refractivity contribution is 5.37. The molecule has 2 atom stereocenters. The SMILES string of the molecule is COc1cccc(NCC2CCCC2CN)n1. The second kappa shape index (κ2) is 5.87. The van der Waals surface area contributed by atoms with Crippen molar-refractivity contribution in [3.8, 4) is 5.88 Å². The van der Waals surface area contributed by atoms with Crippen molar-refractivity contribution in [1.29, 1.82) is 0 Å². The Kier molecular flexibility index (Phi) is 4.20. The Morgan fingerprint density at radius 2 is 2.24 bits per heavy atom. The van der Waals surface area contributed by atoms with Gasteiger partial charge in [0.25, 0.3) is 0 Å². The van der Waals surface area contributed by atoms with Crippen LogP contribution in [0.3, 0.4) is 0 Å². The van der Waals surface area contributed by atoms with Gasteiger partial charge >= 0.3 is 0 Å². The van der Waals surface area contributed by atoms with Gasteiger partial charge < -0.3 is 15.8 Å². The standard InChI is InChI=1S/C13H21N3O/c1-17-13-7-3-6-12(16-13)15-9-11-5-2-4-10(11)8-14/h3,6-7,10-11H,2,4-5,8-9,14H2,1H3,(H,15,16). The van der Waals surface area contributed by atoms with Crippen LogP contribution in [0.2, 0.25) is 0 Å². The first kappa shape index (κ1) is 12.2. The molecule has 2 rings (SSSR count). The van der Waals surface area contributed by atoms with Gasteiger partial charge in [-0.15, -0.1) is 0 Å². The van der Waals surface area contributed by atoms with Gasteiger partial charge in [-0.05, 0) is 37.3 Å². The van der Waals surface area contributed by atoms with E-state index in [4.69, 9.17) is 10.5 Å². The second-order valence-electron chi connectivity index (χ2n) is 4.63. The molecule has 0 spiro atoms. The van der Waals surface area contributed by atoms with Gasteiger partial charge in [-0.25, -0.2) is 0 Å².